The first-order valence-corrected chi connectivity index (χ1v) is 11.4. The maximum atomic E-state index is 12.7. The Balaban J connectivity index is 0.00000341. The van der Waals surface area contributed by atoms with Crippen molar-refractivity contribution in [3.05, 3.63) is 35.9 Å². The van der Waals surface area contributed by atoms with E-state index in [2.05, 4.69) is 15.6 Å². The van der Waals surface area contributed by atoms with Crippen LogP contribution in [0.5, 0.6) is 0 Å². The zero-order valence-electron chi connectivity index (χ0n) is 17.1. The first-order valence-electron chi connectivity index (χ1n) is 9.92. The number of ether oxygens (including phenoxy) is 1. The van der Waals surface area contributed by atoms with Crippen LogP contribution in [0, 0.1) is 5.92 Å². The number of hydrogen-bond acceptors (Lipinski definition) is 4. The van der Waals surface area contributed by atoms with E-state index in [0.717, 1.165) is 12.0 Å². The molecule has 0 bridgehead atoms. The fourth-order valence-corrected chi connectivity index (χ4v) is 4.84. The number of guanidine groups is 1. The minimum Gasteiger partial charge on any atom is -0.373 e. The first kappa shape index (κ1) is 26.1. The van der Waals surface area contributed by atoms with Crippen LogP contribution >= 0.6 is 24.0 Å². The first-order chi connectivity index (χ1) is 14.2. The molecule has 0 aromatic heterocycles. The Bertz CT molecular complexity index is 832. The van der Waals surface area contributed by atoms with Gasteiger partial charge in [0.1, 0.15) is 0 Å². The van der Waals surface area contributed by atoms with Gasteiger partial charge in [-0.05, 0) is 24.8 Å². The number of nitrogens with one attached hydrogen (secondary N) is 2. The molecule has 2 fully saturated rings. The lowest BCUT2D eigenvalue weighted by Gasteiger charge is -2.32. The summed E-state index contributed by atoms with van der Waals surface area (Å²) in [7, 11) is -3.64. The van der Waals surface area contributed by atoms with Crippen molar-refractivity contribution in [3.63, 3.8) is 0 Å². The van der Waals surface area contributed by atoms with E-state index in [-0.39, 0.29) is 68.0 Å². The molecule has 176 valence electrons. The third kappa shape index (κ3) is 6.45. The maximum absolute atomic E-state index is 12.7. The molecule has 7 nitrogen and oxygen atoms in total. The molecular weight excluding hydrogens is 548 g/mol. The van der Waals surface area contributed by atoms with Gasteiger partial charge in [0.05, 0.1) is 6.10 Å². The molecule has 31 heavy (non-hydrogen) atoms. The number of alkyl halides is 3. The van der Waals surface area contributed by atoms with Crippen LogP contribution in [0.1, 0.15) is 30.9 Å². The summed E-state index contributed by atoms with van der Waals surface area (Å²) in [5, 5.41) is 6.46. The van der Waals surface area contributed by atoms with Crippen molar-refractivity contribution in [2.45, 2.75) is 36.9 Å². The highest BCUT2D eigenvalue weighted by molar-refractivity contribution is 14.0. The van der Waals surface area contributed by atoms with Crippen molar-refractivity contribution >= 4 is 40.0 Å². The van der Waals surface area contributed by atoms with Crippen LogP contribution in [0.25, 0.3) is 0 Å². The topological polar surface area (TPSA) is 83.0 Å². The zero-order valence-corrected chi connectivity index (χ0v) is 20.3. The molecule has 0 amide bonds. The predicted molar refractivity (Wildman–Crippen MR) is 123 cm³/mol. The summed E-state index contributed by atoms with van der Waals surface area (Å²) < 4.78 is 67.5. The van der Waals surface area contributed by atoms with Crippen LogP contribution in [-0.2, 0) is 14.8 Å². The fourth-order valence-electron chi connectivity index (χ4n) is 3.86. The van der Waals surface area contributed by atoms with Crippen molar-refractivity contribution in [3.8, 4) is 0 Å². The number of halogens is 4. The third-order valence-corrected chi connectivity index (χ3v) is 7.15. The van der Waals surface area contributed by atoms with E-state index < -0.39 is 15.5 Å². The lowest BCUT2D eigenvalue weighted by molar-refractivity contribution is -0.0494. The number of piperidine rings is 1. The van der Waals surface area contributed by atoms with Gasteiger partial charge >= 0.3 is 15.5 Å². The molecule has 12 heteroatoms. The van der Waals surface area contributed by atoms with E-state index in [1.807, 2.05) is 30.3 Å². The molecule has 0 spiro atoms. The standard InChI is InChI=1S/C19H27F3N4O3S.HI/c1-23-18(24-13-15-9-12-29-17(15)14-5-3-2-4-6-14)25-16-7-10-26(11-8-16)30(27,28)19(20,21)22;/h2-6,15-17H,7-13H2,1H3,(H2,23,24,25);1H. The van der Waals surface area contributed by atoms with Crippen LogP contribution < -0.4 is 10.6 Å². The Morgan fingerprint density at radius 1 is 1.19 bits per heavy atom. The molecule has 1 aromatic carbocycles. The number of benzene rings is 1. The van der Waals surface area contributed by atoms with Gasteiger partial charge in [0, 0.05) is 45.2 Å². The van der Waals surface area contributed by atoms with Gasteiger partial charge in [-0.1, -0.05) is 30.3 Å². The maximum Gasteiger partial charge on any atom is 0.511 e. The molecule has 0 aliphatic carbocycles. The van der Waals surface area contributed by atoms with Gasteiger partial charge in [0.25, 0.3) is 0 Å². The van der Waals surface area contributed by atoms with E-state index in [4.69, 9.17) is 4.74 Å². The zero-order chi connectivity index (χ0) is 21.8. The van der Waals surface area contributed by atoms with Crippen molar-refractivity contribution in [2.24, 2.45) is 10.9 Å². The van der Waals surface area contributed by atoms with Gasteiger partial charge in [-0.15, -0.1) is 24.0 Å². The molecule has 2 atom stereocenters. The molecule has 2 heterocycles. The van der Waals surface area contributed by atoms with Crippen LogP contribution in [0.3, 0.4) is 0 Å². The number of rotatable bonds is 5. The summed E-state index contributed by atoms with van der Waals surface area (Å²) >= 11 is 0. The van der Waals surface area contributed by atoms with Crippen LogP contribution in [0.15, 0.2) is 35.3 Å². The molecule has 3 rings (SSSR count). The average Bonchev–Trinajstić information content (AvgIpc) is 3.20. The summed E-state index contributed by atoms with van der Waals surface area (Å²) in [6, 6.07) is 9.85. The van der Waals surface area contributed by atoms with E-state index in [9.17, 15) is 21.6 Å². The Morgan fingerprint density at radius 3 is 2.42 bits per heavy atom. The van der Waals surface area contributed by atoms with Crippen molar-refractivity contribution in [1.29, 1.82) is 0 Å². The Hall–Kier alpha value is -1.12. The summed E-state index contributed by atoms with van der Waals surface area (Å²) in [5.74, 6) is 0.815. The highest BCUT2D eigenvalue weighted by atomic mass is 127. The number of nitrogens with zero attached hydrogens (tertiary/aromatic N) is 2. The van der Waals surface area contributed by atoms with E-state index >= 15 is 0 Å². The van der Waals surface area contributed by atoms with Crippen LogP contribution in [0.2, 0.25) is 0 Å². The highest BCUT2D eigenvalue weighted by Crippen LogP contribution is 2.34. The van der Waals surface area contributed by atoms with Crippen molar-refractivity contribution in [1.82, 2.24) is 14.9 Å². The van der Waals surface area contributed by atoms with Gasteiger partial charge in [0.15, 0.2) is 5.96 Å². The van der Waals surface area contributed by atoms with Crippen molar-refractivity contribution < 1.29 is 26.3 Å². The fraction of sp³-hybridized carbons (Fsp3) is 0.632. The van der Waals surface area contributed by atoms with E-state index in [1.54, 1.807) is 7.05 Å². The average molecular weight is 576 g/mol. The second-order valence-corrected chi connectivity index (χ2v) is 9.40. The van der Waals surface area contributed by atoms with Crippen LogP contribution in [0.4, 0.5) is 13.2 Å². The molecule has 2 saturated heterocycles. The molecule has 1 aromatic rings. The van der Waals surface area contributed by atoms with Crippen LogP contribution in [-0.4, -0.2) is 63.5 Å². The molecule has 2 aliphatic rings. The van der Waals surface area contributed by atoms with Gasteiger partial charge in [-0.2, -0.15) is 17.5 Å². The minimum atomic E-state index is -5.26. The molecule has 0 saturated carbocycles. The Kier molecular flexibility index (Phi) is 9.40. The number of sulfonamides is 1. The minimum absolute atomic E-state index is 0. The summed E-state index contributed by atoms with van der Waals surface area (Å²) in [5.41, 5.74) is -4.13. The van der Waals surface area contributed by atoms with Gasteiger partial charge in [-0.25, -0.2) is 8.42 Å². The highest BCUT2D eigenvalue weighted by Gasteiger charge is 2.50. The van der Waals surface area contributed by atoms with Gasteiger partial charge in [-0.3, -0.25) is 4.99 Å². The number of aliphatic imine (C=N–C) groups is 1. The lowest BCUT2D eigenvalue weighted by atomic mass is 9.95. The molecule has 2 unspecified atom stereocenters. The monoisotopic (exact) mass is 576 g/mol. The molecular formula is C19H28F3IN4O3S. The SMILES string of the molecule is CN=C(NCC1CCOC1c1ccccc1)NC1CCN(S(=O)(=O)C(F)(F)F)CC1.I. The van der Waals surface area contributed by atoms with Gasteiger partial charge in [0.2, 0.25) is 0 Å². The summed E-state index contributed by atoms with van der Waals surface area (Å²) in [6.07, 6.45) is 1.47. The van der Waals surface area contributed by atoms with E-state index in [1.165, 1.54) is 0 Å². The van der Waals surface area contributed by atoms with Crippen molar-refractivity contribution in [2.75, 3.05) is 33.3 Å². The Labute approximate surface area is 197 Å². The second kappa shape index (κ2) is 11.1. The smallest absolute Gasteiger partial charge is 0.373 e. The molecule has 2 aliphatic heterocycles. The lowest BCUT2D eigenvalue weighted by Crippen LogP contribution is -2.52. The number of hydrogen-bond donors (Lipinski definition) is 2. The second-order valence-electron chi connectivity index (χ2n) is 7.47. The predicted octanol–water partition coefficient (Wildman–Crippen LogP) is 2.86. The summed E-state index contributed by atoms with van der Waals surface area (Å²) in [4.78, 5) is 4.19. The summed E-state index contributed by atoms with van der Waals surface area (Å²) in [6.45, 7) is 0.969. The largest absolute Gasteiger partial charge is 0.511 e. The quantitative estimate of drug-likeness (QED) is 0.320. The third-order valence-electron chi connectivity index (χ3n) is 5.52. The van der Waals surface area contributed by atoms with E-state index in [0.29, 0.717) is 23.4 Å². The van der Waals surface area contributed by atoms with Gasteiger partial charge < -0.3 is 15.4 Å². The molecule has 2 N–H and O–H groups in total. The molecule has 0 radical (unpaired) electrons. The normalized spacial score (nSPS) is 23.9. The Morgan fingerprint density at radius 2 is 1.84 bits per heavy atom.